The zero-order valence-electron chi connectivity index (χ0n) is 15.2. The Labute approximate surface area is 161 Å². The lowest BCUT2D eigenvalue weighted by Crippen LogP contribution is -2.32. The number of benzene rings is 1. The summed E-state index contributed by atoms with van der Waals surface area (Å²) in [5.74, 6) is 0.325. The maximum absolute atomic E-state index is 12.9. The lowest BCUT2D eigenvalue weighted by molar-refractivity contribution is -0.121. The molecule has 4 rings (SSSR count). The van der Waals surface area contributed by atoms with E-state index in [0.29, 0.717) is 6.42 Å². The third kappa shape index (κ3) is 3.78. The topological polar surface area (TPSA) is 59.1 Å². The summed E-state index contributed by atoms with van der Waals surface area (Å²) in [6.07, 6.45) is 10.9. The molecule has 1 heterocycles. The SMILES string of the molecule is CC1(S(=O)c2ccccc2)C=CC(NC(=O)[C@H]2C[C@@H]2c2cccnc2)=CC1. The molecule has 1 amide bonds. The maximum Gasteiger partial charge on any atom is 0.228 e. The lowest BCUT2D eigenvalue weighted by Gasteiger charge is -2.27. The molecule has 2 aromatic rings. The Morgan fingerprint density at radius 3 is 2.70 bits per heavy atom. The van der Waals surface area contributed by atoms with Crippen molar-refractivity contribution in [1.29, 1.82) is 0 Å². The van der Waals surface area contributed by atoms with E-state index in [1.807, 2.05) is 73.8 Å². The Morgan fingerprint density at radius 2 is 2.04 bits per heavy atom. The van der Waals surface area contributed by atoms with Gasteiger partial charge in [0.05, 0.1) is 15.5 Å². The van der Waals surface area contributed by atoms with Crippen molar-refractivity contribution in [3.63, 3.8) is 0 Å². The van der Waals surface area contributed by atoms with E-state index in [4.69, 9.17) is 0 Å². The molecule has 1 saturated carbocycles. The monoisotopic (exact) mass is 378 g/mol. The van der Waals surface area contributed by atoms with Crippen molar-refractivity contribution in [2.75, 3.05) is 0 Å². The van der Waals surface area contributed by atoms with Gasteiger partial charge in [0.15, 0.2) is 0 Å². The van der Waals surface area contributed by atoms with Crippen LogP contribution in [0.25, 0.3) is 0 Å². The molecule has 1 aromatic heterocycles. The van der Waals surface area contributed by atoms with E-state index in [1.165, 1.54) is 0 Å². The first-order valence-corrected chi connectivity index (χ1v) is 10.3. The molecule has 0 bridgehead atoms. The van der Waals surface area contributed by atoms with Crippen LogP contribution < -0.4 is 5.32 Å². The number of nitrogens with one attached hydrogen (secondary N) is 1. The van der Waals surface area contributed by atoms with Gasteiger partial charge >= 0.3 is 0 Å². The molecule has 27 heavy (non-hydrogen) atoms. The molecule has 5 heteroatoms. The van der Waals surface area contributed by atoms with Gasteiger partial charge in [0.2, 0.25) is 5.91 Å². The summed E-state index contributed by atoms with van der Waals surface area (Å²) in [5, 5.41) is 3.01. The molecule has 2 aliphatic rings. The first-order chi connectivity index (χ1) is 13.1. The first-order valence-electron chi connectivity index (χ1n) is 9.14. The Balaban J connectivity index is 1.37. The Bertz CT molecular complexity index is 924. The van der Waals surface area contributed by atoms with E-state index in [9.17, 15) is 9.00 Å². The van der Waals surface area contributed by atoms with Crippen LogP contribution in [0.4, 0.5) is 0 Å². The summed E-state index contributed by atoms with van der Waals surface area (Å²) < 4.78 is 12.4. The molecule has 4 atom stereocenters. The van der Waals surface area contributed by atoms with Crippen LogP contribution in [-0.4, -0.2) is 19.8 Å². The van der Waals surface area contributed by atoms with Crippen molar-refractivity contribution < 1.29 is 9.00 Å². The quantitative estimate of drug-likeness (QED) is 0.863. The molecule has 2 aliphatic carbocycles. The predicted molar refractivity (Wildman–Crippen MR) is 106 cm³/mol. The van der Waals surface area contributed by atoms with Crippen molar-refractivity contribution in [3.8, 4) is 0 Å². The third-order valence-electron chi connectivity index (χ3n) is 5.23. The molecule has 1 aromatic carbocycles. The standard InChI is InChI=1S/C22H22N2O2S/c1-22(27(26)18-7-3-2-4-8-18)11-9-17(10-12-22)24-21(25)20-14-19(20)16-6-5-13-23-15-16/h2-11,13,15,19-20H,12,14H2,1H3,(H,24,25)/t19-,20+,22?,27?/m1/s1. The number of hydrogen-bond acceptors (Lipinski definition) is 3. The Morgan fingerprint density at radius 1 is 1.22 bits per heavy atom. The average molecular weight is 378 g/mol. The number of hydrogen-bond donors (Lipinski definition) is 1. The Hall–Kier alpha value is -2.53. The van der Waals surface area contributed by atoms with Crippen molar-refractivity contribution in [1.82, 2.24) is 10.3 Å². The van der Waals surface area contributed by atoms with E-state index in [-0.39, 0.29) is 17.7 Å². The number of allylic oxidation sites excluding steroid dienone is 2. The Kier molecular flexibility index (Phi) is 4.79. The minimum atomic E-state index is -1.14. The normalized spacial score (nSPS) is 27.5. The number of pyridine rings is 1. The van der Waals surface area contributed by atoms with Gasteiger partial charge in [0.25, 0.3) is 0 Å². The molecule has 138 valence electrons. The van der Waals surface area contributed by atoms with Crippen molar-refractivity contribution in [3.05, 3.63) is 84.3 Å². The van der Waals surface area contributed by atoms with Gasteiger partial charge < -0.3 is 5.32 Å². The average Bonchev–Trinajstić information content (AvgIpc) is 3.52. The van der Waals surface area contributed by atoms with Gasteiger partial charge in [-0.2, -0.15) is 0 Å². The van der Waals surface area contributed by atoms with Crippen LogP contribution in [0.15, 0.2) is 83.7 Å². The number of carbonyl (C=O) groups excluding carboxylic acids is 1. The molecule has 1 fully saturated rings. The second-order valence-corrected chi connectivity index (χ2v) is 9.26. The summed E-state index contributed by atoms with van der Waals surface area (Å²) in [5.41, 5.74) is 1.91. The summed E-state index contributed by atoms with van der Waals surface area (Å²) in [7, 11) is -1.14. The lowest BCUT2D eigenvalue weighted by atomic mass is 10.0. The number of aromatic nitrogens is 1. The van der Waals surface area contributed by atoms with Gasteiger partial charge in [-0.3, -0.25) is 14.0 Å². The van der Waals surface area contributed by atoms with Crippen LogP contribution >= 0.6 is 0 Å². The van der Waals surface area contributed by atoms with Crippen LogP contribution in [0.1, 0.15) is 31.2 Å². The largest absolute Gasteiger partial charge is 0.326 e. The molecular weight excluding hydrogens is 356 g/mol. The second-order valence-electron chi connectivity index (χ2n) is 7.32. The van der Waals surface area contributed by atoms with E-state index in [1.54, 1.807) is 6.20 Å². The summed E-state index contributed by atoms with van der Waals surface area (Å²) in [6.45, 7) is 1.99. The van der Waals surface area contributed by atoms with Crippen LogP contribution in [0, 0.1) is 5.92 Å². The van der Waals surface area contributed by atoms with Crippen LogP contribution in [0.3, 0.4) is 0 Å². The van der Waals surface area contributed by atoms with Gasteiger partial charge in [-0.15, -0.1) is 0 Å². The molecule has 0 spiro atoms. The number of rotatable bonds is 5. The van der Waals surface area contributed by atoms with Gasteiger partial charge in [0.1, 0.15) is 0 Å². The van der Waals surface area contributed by atoms with Crippen LogP contribution in [0.5, 0.6) is 0 Å². The fourth-order valence-corrected chi connectivity index (χ4v) is 4.81. The fourth-order valence-electron chi connectivity index (χ4n) is 3.44. The zero-order chi connectivity index (χ0) is 18.9. The molecule has 0 radical (unpaired) electrons. The van der Waals surface area contributed by atoms with E-state index in [2.05, 4.69) is 10.3 Å². The highest BCUT2D eigenvalue weighted by Crippen LogP contribution is 2.47. The molecular formula is C22H22N2O2S. The fraction of sp³-hybridized carbons (Fsp3) is 0.273. The van der Waals surface area contributed by atoms with E-state index in [0.717, 1.165) is 22.6 Å². The van der Waals surface area contributed by atoms with Gasteiger partial charge in [-0.25, -0.2) is 0 Å². The van der Waals surface area contributed by atoms with Crippen molar-refractivity contribution in [2.24, 2.45) is 5.92 Å². The molecule has 2 unspecified atom stereocenters. The van der Waals surface area contributed by atoms with Crippen molar-refractivity contribution in [2.45, 2.75) is 35.3 Å². The van der Waals surface area contributed by atoms with Gasteiger partial charge in [0, 0.05) is 28.9 Å². The smallest absolute Gasteiger partial charge is 0.228 e. The van der Waals surface area contributed by atoms with Gasteiger partial charge in [-0.05, 0) is 55.5 Å². The highest BCUT2D eigenvalue weighted by Gasteiger charge is 2.44. The maximum atomic E-state index is 12.9. The number of nitrogens with zero attached hydrogens (tertiary/aromatic N) is 1. The predicted octanol–water partition coefficient (Wildman–Crippen LogP) is 3.71. The van der Waals surface area contributed by atoms with Gasteiger partial charge in [-0.1, -0.05) is 36.4 Å². The van der Waals surface area contributed by atoms with E-state index < -0.39 is 15.5 Å². The summed E-state index contributed by atoms with van der Waals surface area (Å²) in [4.78, 5) is 17.5. The van der Waals surface area contributed by atoms with E-state index >= 15 is 0 Å². The molecule has 0 aliphatic heterocycles. The minimum Gasteiger partial charge on any atom is -0.326 e. The third-order valence-corrected chi connectivity index (χ3v) is 7.08. The highest BCUT2D eigenvalue weighted by molar-refractivity contribution is 7.86. The van der Waals surface area contributed by atoms with Crippen LogP contribution in [0.2, 0.25) is 0 Å². The van der Waals surface area contributed by atoms with Crippen LogP contribution in [-0.2, 0) is 15.6 Å². The first kappa shape index (κ1) is 17.9. The number of amides is 1. The summed E-state index contributed by atoms with van der Waals surface area (Å²) in [6, 6.07) is 13.4. The minimum absolute atomic E-state index is 0.00950. The number of carbonyl (C=O) groups is 1. The molecule has 0 saturated heterocycles. The molecule has 1 N–H and O–H groups in total. The zero-order valence-corrected chi connectivity index (χ0v) is 16.0. The summed E-state index contributed by atoms with van der Waals surface area (Å²) >= 11 is 0. The highest BCUT2D eigenvalue weighted by atomic mass is 32.2. The second kappa shape index (κ2) is 7.24. The van der Waals surface area contributed by atoms with Crippen molar-refractivity contribution >= 4 is 16.7 Å². The molecule has 4 nitrogen and oxygen atoms in total.